The molecule has 0 saturated heterocycles. The van der Waals surface area contributed by atoms with Gasteiger partial charge in [0.2, 0.25) is 5.88 Å². The van der Waals surface area contributed by atoms with Gasteiger partial charge in [0.25, 0.3) is 0 Å². The molecule has 6 heteroatoms. The first-order valence-electron chi connectivity index (χ1n) is 8.34. The fourth-order valence-corrected chi connectivity index (χ4v) is 3.95. The van der Waals surface area contributed by atoms with Crippen molar-refractivity contribution in [3.8, 4) is 5.88 Å². The molecule has 0 saturated carbocycles. The SMILES string of the molecule is C=CCn1c(O)c(/C=C2\C=Nc3ccccc32)sc1=Nc1ccc(Cl)cc1. The van der Waals surface area contributed by atoms with Crippen LogP contribution >= 0.6 is 22.9 Å². The third-order valence-corrected chi connectivity index (χ3v) is 5.38. The third-order valence-electron chi connectivity index (χ3n) is 4.12. The number of halogens is 1. The minimum absolute atomic E-state index is 0.165. The number of allylic oxidation sites excluding steroid dienone is 2. The molecule has 0 bridgehead atoms. The Balaban J connectivity index is 1.82. The Kier molecular flexibility index (Phi) is 4.79. The maximum atomic E-state index is 10.7. The van der Waals surface area contributed by atoms with Crippen LogP contribution in [0.15, 0.2) is 71.2 Å². The molecule has 0 unspecified atom stereocenters. The van der Waals surface area contributed by atoms with Gasteiger partial charge in [0, 0.05) is 28.9 Å². The largest absolute Gasteiger partial charge is 0.493 e. The molecule has 27 heavy (non-hydrogen) atoms. The summed E-state index contributed by atoms with van der Waals surface area (Å²) in [5.41, 5.74) is 3.72. The Morgan fingerprint density at radius 1 is 1.19 bits per heavy atom. The summed E-state index contributed by atoms with van der Waals surface area (Å²) in [6.45, 7) is 4.24. The van der Waals surface area contributed by atoms with E-state index in [1.807, 2.05) is 48.7 Å². The molecule has 3 aromatic rings. The highest BCUT2D eigenvalue weighted by Crippen LogP contribution is 2.34. The molecular weight excluding hydrogens is 378 g/mol. The molecule has 0 fully saturated rings. The number of aliphatic imine (C=N–C) groups is 1. The highest BCUT2D eigenvalue weighted by Gasteiger charge is 2.15. The van der Waals surface area contributed by atoms with E-state index in [1.54, 1.807) is 22.8 Å². The van der Waals surface area contributed by atoms with E-state index in [-0.39, 0.29) is 5.88 Å². The Hall–Kier alpha value is -2.89. The lowest BCUT2D eigenvalue weighted by Gasteiger charge is -2.01. The summed E-state index contributed by atoms with van der Waals surface area (Å²) in [6, 6.07) is 15.2. The van der Waals surface area contributed by atoms with Crippen LogP contribution in [0, 0.1) is 0 Å². The van der Waals surface area contributed by atoms with Gasteiger partial charge in [0.1, 0.15) is 0 Å². The van der Waals surface area contributed by atoms with E-state index in [0.29, 0.717) is 16.4 Å². The van der Waals surface area contributed by atoms with Gasteiger partial charge in [-0.05, 0) is 36.4 Å². The number of fused-ring (bicyclic) bond motifs is 1. The number of rotatable bonds is 4. The minimum atomic E-state index is 0.165. The van der Waals surface area contributed by atoms with Crippen molar-refractivity contribution in [2.24, 2.45) is 9.98 Å². The second-order valence-corrected chi connectivity index (χ2v) is 7.38. The Bertz CT molecular complexity index is 1140. The van der Waals surface area contributed by atoms with E-state index in [0.717, 1.165) is 27.4 Å². The highest BCUT2D eigenvalue weighted by molar-refractivity contribution is 7.10. The minimum Gasteiger partial charge on any atom is -0.493 e. The molecule has 1 aliphatic heterocycles. The molecule has 0 atom stereocenters. The number of hydrogen-bond donors (Lipinski definition) is 1. The van der Waals surface area contributed by atoms with Crippen LogP contribution in [-0.4, -0.2) is 15.9 Å². The zero-order chi connectivity index (χ0) is 18.8. The number of aromatic nitrogens is 1. The van der Waals surface area contributed by atoms with E-state index >= 15 is 0 Å². The van der Waals surface area contributed by atoms with E-state index in [9.17, 15) is 5.11 Å². The smallest absolute Gasteiger partial charge is 0.211 e. The molecule has 1 aliphatic rings. The molecule has 0 spiro atoms. The summed E-state index contributed by atoms with van der Waals surface area (Å²) in [7, 11) is 0. The van der Waals surface area contributed by atoms with Crippen molar-refractivity contribution in [3.63, 3.8) is 0 Å². The van der Waals surface area contributed by atoms with Crippen LogP contribution in [0.3, 0.4) is 0 Å². The van der Waals surface area contributed by atoms with Gasteiger partial charge < -0.3 is 5.11 Å². The van der Waals surface area contributed by atoms with Crippen LogP contribution in [0.5, 0.6) is 5.88 Å². The highest BCUT2D eigenvalue weighted by atomic mass is 35.5. The second-order valence-electron chi connectivity index (χ2n) is 5.94. The fraction of sp³-hybridized carbons (Fsp3) is 0.0476. The van der Waals surface area contributed by atoms with Crippen molar-refractivity contribution in [1.82, 2.24) is 4.57 Å². The Morgan fingerprint density at radius 2 is 1.96 bits per heavy atom. The van der Waals surface area contributed by atoms with Gasteiger partial charge in [-0.15, -0.1) is 6.58 Å². The van der Waals surface area contributed by atoms with Gasteiger partial charge in [-0.1, -0.05) is 47.2 Å². The van der Waals surface area contributed by atoms with Crippen LogP contribution in [0.1, 0.15) is 10.4 Å². The monoisotopic (exact) mass is 393 g/mol. The van der Waals surface area contributed by atoms with Gasteiger partial charge >= 0.3 is 0 Å². The van der Waals surface area contributed by atoms with Crippen molar-refractivity contribution in [2.45, 2.75) is 6.54 Å². The molecule has 0 radical (unpaired) electrons. The van der Waals surface area contributed by atoms with Crippen molar-refractivity contribution < 1.29 is 5.11 Å². The van der Waals surface area contributed by atoms with E-state index in [4.69, 9.17) is 11.6 Å². The van der Waals surface area contributed by atoms with Crippen LogP contribution in [0.2, 0.25) is 5.02 Å². The maximum Gasteiger partial charge on any atom is 0.211 e. The average molecular weight is 394 g/mol. The number of nitrogens with zero attached hydrogens (tertiary/aromatic N) is 3. The maximum absolute atomic E-state index is 10.7. The lowest BCUT2D eigenvalue weighted by atomic mass is 10.1. The first-order chi connectivity index (χ1) is 13.2. The third kappa shape index (κ3) is 3.52. The molecule has 4 rings (SSSR count). The summed E-state index contributed by atoms with van der Waals surface area (Å²) in [5, 5.41) is 11.4. The normalized spacial score (nSPS) is 14.7. The molecule has 2 heterocycles. The number of para-hydroxylation sites is 1. The second kappa shape index (κ2) is 7.39. The standard InChI is InChI=1S/C21H16ClN3OS/c1-2-11-25-20(26)19(12-14-13-23-18-6-4-3-5-17(14)18)27-21(25)24-16-9-7-15(22)8-10-16/h2-10,12-13,26H,1,11H2/b14-12+,24-21?. The molecule has 1 N–H and O–H groups in total. The Labute approximate surface area is 165 Å². The summed E-state index contributed by atoms with van der Waals surface area (Å²) >= 11 is 7.36. The fourth-order valence-electron chi connectivity index (χ4n) is 2.81. The topological polar surface area (TPSA) is 49.9 Å². The molecule has 1 aromatic heterocycles. The van der Waals surface area contributed by atoms with Gasteiger partial charge in [-0.25, -0.2) is 4.99 Å². The summed E-state index contributed by atoms with van der Waals surface area (Å²) in [6.07, 6.45) is 5.49. The molecule has 0 aliphatic carbocycles. The summed E-state index contributed by atoms with van der Waals surface area (Å²) in [4.78, 5) is 10.5. The Morgan fingerprint density at radius 3 is 2.74 bits per heavy atom. The number of aromatic hydroxyl groups is 1. The molecule has 4 nitrogen and oxygen atoms in total. The average Bonchev–Trinajstić information content (AvgIpc) is 3.21. The van der Waals surface area contributed by atoms with Crippen LogP contribution in [0.25, 0.3) is 11.6 Å². The zero-order valence-electron chi connectivity index (χ0n) is 14.3. The first-order valence-corrected chi connectivity index (χ1v) is 9.54. The predicted molar refractivity (Wildman–Crippen MR) is 113 cm³/mol. The van der Waals surface area contributed by atoms with Gasteiger partial charge in [0.15, 0.2) is 4.80 Å². The summed E-state index contributed by atoms with van der Waals surface area (Å²) in [5.74, 6) is 0.165. The van der Waals surface area contributed by atoms with E-state index < -0.39 is 0 Å². The molecule has 134 valence electrons. The van der Waals surface area contributed by atoms with Gasteiger partial charge in [-0.3, -0.25) is 9.56 Å². The lowest BCUT2D eigenvalue weighted by Crippen LogP contribution is -2.12. The first kappa shape index (κ1) is 17.5. The van der Waals surface area contributed by atoms with Crippen molar-refractivity contribution in [2.75, 3.05) is 0 Å². The van der Waals surface area contributed by atoms with Crippen molar-refractivity contribution in [3.05, 3.63) is 81.5 Å². The van der Waals surface area contributed by atoms with Crippen LogP contribution in [0.4, 0.5) is 11.4 Å². The van der Waals surface area contributed by atoms with Crippen molar-refractivity contribution in [1.29, 1.82) is 0 Å². The van der Waals surface area contributed by atoms with Gasteiger partial charge in [0.05, 0.1) is 16.3 Å². The number of thiazole rings is 1. The quantitative estimate of drug-likeness (QED) is 0.577. The van der Waals surface area contributed by atoms with E-state index in [2.05, 4.69) is 16.6 Å². The molecule has 0 amide bonds. The van der Waals surface area contributed by atoms with Crippen LogP contribution < -0.4 is 4.80 Å². The lowest BCUT2D eigenvalue weighted by molar-refractivity contribution is 0.421. The summed E-state index contributed by atoms with van der Waals surface area (Å²) < 4.78 is 1.73. The predicted octanol–water partition coefficient (Wildman–Crippen LogP) is 5.58. The molecule has 2 aromatic carbocycles. The van der Waals surface area contributed by atoms with E-state index in [1.165, 1.54) is 11.3 Å². The van der Waals surface area contributed by atoms with Crippen molar-refractivity contribution >= 4 is 52.2 Å². The number of hydrogen-bond acceptors (Lipinski definition) is 4. The zero-order valence-corrected chi connectivity index (χ0v) is 15.9. The van der Waals surface area contributed by atoms with Gasteiger partial charge in [-0.2, -0.15) is 0 Å². The number of benzene rings is 2. The van der Waals surface area contributed by atoms with Crippen LogP contribution in [-0.2, 0) is 6.54 Å². The molecular formula is C21H16ClN3OS.